The lowest BCUT2D eigenvalue weighted by molar-refractivity contribution is -0.133. The molecule has 1 saturated heterocycles. The standard InChI is InChI=1S/C24H26N2O4/c1-14-12-24(28)18-11-16-7-8-17(27)21-19(16)23(24,9-10-25-18)22(30-21)20(14)26-29-13-15-5-3-2-4-6-15/h2-8,14,18,22,25,27-28H,9-13H2,1H3/t14?,18-,22+,23+,24?/m1/s1. The van der Waals surface area contributed by atoms with Gasteiger partial charge in [0, 0.05) is 17.5 Å². The maximum Gasteiger partial charge on any atom is 0.166 e. The normalized spacial score (nSPS) is 36.9. The molecule has 6 heteroatoms. The number of phenolic OH excluding ortho intramolecular Hbond substituents is 1. The molecular weight excluding hydrogens is 380 g/mol. The van der Waals surface area contributed by atoms with Gasteiger partial charge >= 0.3 is 0 Å². The number of benzene rings is 2. The van der Waals surface area contributed by atoms with Gasteiger partial charge in [-0.2, -0.15) is 0 Å². The quantitative estimate of drug-likeness (QED) is 0.683. The van der Waals surface area contributed by atoms with E-state index in [0.717, 1.165) is 41.8 Å². The molecule has 1 saturated carbocycles. The molecule has 4 aliphatic rings. The molecule has 156 valence electrons. The lowest BCUT2D eigenvalue weighted by Gasteiger charge is -2.61. The molecule has 2 unspecified atom stereocenters. The van der Waals surface area contributed by atoms with Crippen LogP contribution in [0.25, 0.3) is 0 Å². The number of hydrogen-bond acceptors (Lipinski definition) is 6. The molecule has 6 nitrogen and oxygen atoms in total. The van der Waals surface area contributed by atoms with Gasteiger partial charge in [0.05, 0.1) is 11.0 Å². The highest BCUT2D eigenvalue weighted by atomic mass is 16.6. The monoisotopic (exact) mass is 406 g/mol. The molecule has 6 rings (SSSR count). The fourth-order valence-corrected chi connectivity index (χ4v) is 6.40. The highest BCUT2D eigenvalue weighted by Crippen LogP contribution is 2.64. The maximum atomic E-state index is 12.1. The Bertz CT molecular complexity index is 1040. The van der Waals surface area contributed by atoms with E-state index in [1.807, 2.05) is 36.4 Å². The number of oxime groups is 1. The average Bonchev–Trinajstić information content (AvgIpc) is 3.07. The van der Waals surface area contributed by atoms with Crippen molar-refractivity contribution in [2.24, 2.45) is 11.1 Å². The molecule has 2 aromatic carbocycles. The van der Waals surface area contributed by atoms with Crippen molar-refractivity contribution in [2.45, 2.75) is 56.0 Å². The smallest absolute Gasteiger partial charge is 0.166 e. The summed E-state index contributed by atoms with van der Waals surface area (Å²) in [6.45, 7) is 3.26. The van der Waals surface area contributed by atoms with Gasteiger partial charge in [-0.3, -0.25) is 0 Å². The van der Waals surface area contributed by atoms with Gasteiger partial charge in [0.15, 0.2) is 17.6 Å². The fraction of sp³-hybridized carbons (Fsp3) is 0.458. The van der Waals surface area contributed by atoms with E-state index in [0.29, 0.717) is 18.8 Å². The van der Waals surface area contributed by atoms with E-state index in [1.165, 1.54) is 0 Å². The molecule has 1 spiro atoms. The molecule has 2 aromatic rings. The molecule has 0 radical (unpaired) electrons. The van der Waals surface area contributed by atoms with Crippen molar-refractivity contribution in [3.63, 3.8) is 0 Å². The molecule has 5 atom stereocenters. The second-order valence-electron chi connectivity index (χ2n) is 9.18. The van der Waals surface area contributed by atoms with Crippen LogP contribution in [0.4, 0.5) is 0 Å². The van der Waals surface area contributed by atoms with Gasteiger partial charge in [-0.25, -0.2) is 0 Å². The minimum atomic E-state index is -0.945. The van der Waals surface area contributed by atoms with E-state index in [-0.39, 0.29) is 17.7 Å². The van der Waals surface area contributed by atoms with E-state index in [9.17, 15) is 10.2 Å². The van der Waals surface area contributed by atoms with E-state index < -0.39 is 17.1 Å². The van der Waals surface area contributed by atoms with Gasteiger partial charge in [0.25, 0.3) is 0 Å². The number of ether oxygens (including phenoxy) is 1. The highest BCUT2D eigenvalue weighted by molar-refractivity contribution is 5.95. The minimum Gasteiger partial charge on any atom is -0.504 e. The van der Waals surface area contributed by atoms with Crippen molar-refractivity contribution in [3.05, 3.63) is 59.2 Å². The van der Waals surface area contributed by atoms with E-state index in [4.69, 9.17) is 9.57 Å². The molecule has 30 heavy (non-hydrogen) atoms. The SMILES string of the molecule is CC1CC2(O)[C@H]3Cc4ccc(O)c5c4[C@@]2(CCN3)[C@@H](O5)C1=NOCc1ccccc1. The number of nitrogens with one attached hydrogen (secondary N) is 1. The number of piperidine rings is 1. The fourth-order valence-electron chi connectivity index (χ4n) is 6.40. The first kappa shape index (κ1) is 18.2. The van der Waals surface area contributed by atoms with Gasteiger partial charge in [0.2, 0.25) is 0 Å². The van der Waals surface area contributed by atoms with E-state index >= 15 is 0 Å². The van der Waals surface area contributed by atoms with Crippen molar-refractivity contribution in [1.82, 2.24) is 5.32 Å². The minimum absolute atomic E-state index is 0.00398. The van der Waals surface area contributed by atoms with Crippen molar-refractivity contribution in [3.8, 4) is 11.5 Å². The summed E-state index contributed by atoms with van der Waals surface area (Å²) in [7, 11) is 0. The zero-order valence-corrected chi connectivity index (χ0v) is 17.0. The number of rotatable bonds is 3. The molecule has 2 bridgehead atoms. The topological polar surface area (TPSA) is 83.3 Å². The highest BCUT2D eigenvalue weighted by Gasteiger charge is 2.72. The third-order valence-corrected chi connectivity index (χ3v) is 7.67. The first-order valence-electron chi connectivity index (χ1n) is 10.8. The van der Waals surface area contributed by atoms with Crippen molar-refractivity contribution in [1.29, 1.82) is 0 Å². The third-order valence-electron chi connectivity index (χ3n) is 7.67. The maximum absolute atomic E-state index is 12.1. The second kappa shape index (κ2) is 6.22. The van der Waals surface area contributed by atoms with Crippen LogP contribution in [0.5, 0.6) is 11.5 Å². The number of hydrogen-bond donors (Lipinski definition) is 3. The van der Waals surface area contributed by atoms with Gasteiger partial charge in [-0.15, -0.1) is 0 Å². The Morgan fingerprint density at radius 3 is 2.90 bits per heavy atom. The van der Waals surface area contributed by atoms with Crippen LogP contribution < -0.4 is 10.1 Å². The molecule has 3 N–H and O–H groups in total. The second-order valence-corrected chi connectivity index (χ2v) is 9.18. The van der Waals surface area contributed by atoms with Crippen LogP contribution in [0.3, 0.4) is 0 Å². The summed E-state index contributed by atoms with van der Waals surface area (Å²) < 4.78 is 6.41. The van der Waals surface area contributed by atoms with Crippen LogP contribution in [0.1, 0.15) is 36.5 Å². The lowest BCUT2D eigenvalue weighted by atomic mass is 9.48. The molecule has 0 aromatic heterocycles. The summed E-state index contributed by atoms with van der Waals surface area (Å²) in [6, 6.07) is 13.6. The lowest BCUT2D eigenvalue weighted by Crippen LogP contribution is -2.77. The summed E-state index contributed by atoms with van der Waals surface area (Å²) in [5.41, 5.74) is 2.45. The van der Waals surface area contributed by atoms with Gasteiger partial charge in [-0.1, -0.05) is 48.5 Å². The zero-order chi connectivity index (χ0) is 20.5. The molecule has 2 aliphatic carbocycles. The number of aromatic hydroxyl groups is 1. The summed E-state index contributed by atoms with van der Waals surface area (Å²) in [6.07, 6.45) is 1.63. The van der Waals surface area contributed by atoms with Gasteiger partial charge < -0.3 is 25.1 Å². The first-order valence-corrected chi connectivity index (χ1v) is 10.8. The van der Waals surface area contributed by atoms with Crippen LogP contribution in [0, 0.1) is 5.92 Å². The third kappa shape index (κ3) is 2.18. The van der Waals surface area contributed by atoms with E-state index in [2.05, 4.69) is 17.4 Å². The summed E-state index contributed by atoms with van der Waals surface area (Å²) in [5, 5.41) is 30.7. The number of nitrogens with zero attached hydrogens (tertiary/aromatic N) is 1. The Morgan fingerprint density at radius 1 is 1.23 bits per heavy atom. The molecule has 2 fully saturated rings. The average molecular weight is 406 g/mol. The Hall–Kier alpha value is -2.57. The predicted octanol–water partition coefficient (Wildman–Crippen LogP) is 2.65. The summed E-state index contributed by atoms with van der Waals surface area (Å²) in [4.78, 5) is 5.77. The molecule has 2 heterocycles. The van der Waals surface area contributed by atoms with Gasteiger partial charge in [-0.05, 0) is 43.0 Å². The Kier molecular flexibility index (Phi) is 3.78. The molecule has 0 amide bonds. The van der Waals surface area contributed by atoms with Crippen LogP contribution >= 0.6 is 0 Å². The van der Waals surface area contributed by atoms with Gasteiger partial charge in [0.1, 0.15) is 12.3 Å². The number of aliphatic hydroxyl groups is 1. The van der Waals surface area contributed by atoms with Crippen molar-refractivity contribution >= 4 is 5.71 Å². The van der Waals surface area contributed by atoms with Crippen LogP contribution in [0.2, 0.25) is 0 Å². The largest absolute Gasteiger partial charge is 0.504 e. The van der Waals surface area contributed by atoms with Crippen molar-refractivity contribution < 1.29 is 19.8 Å². The van der Waals surface area contributed by atoms with Crippen LogP contribution in [-0.2, 0) is 23.3 Å². The molecule has 2 aliphatic heterocycles. The zero-order valence-electron chi connectivity index (χ0n) is 17.0. The Morgan fingerprint density at radius 2 is 2.07 bits per heavy atom. The van der Waals surface area contributed by atoms with E-state index in [1.54, 1.807) is 6.07 Å². The summed E-state index contributed by atoms with van der Waals surface area (Å²) >= 11 is 0. The van der Waals surface area contributed by atoms with Crippen molar-refractivity contribution in [2.75, 3.05) is 6.54 Å². The molecular formula is C24H26N2O4. The first-order chi connectivity index (χ1) is 14.5. The van der Waals surface area contributed by atoms with Crippen LogP contribution in [0.15, 0.2) is 47.6 Å². The Balaban J connectivity index is 1.45. The Labute approximate surface area is 175 Å². The predicted molar refractivity (Wildman–Crippen MR) is 112 cm³/mol. The van der Waals surface area contributed by atoms with Crippen LogP contribution in [-0.4, -0.2) is 40.2 Å². The summed E-state index contributed by atoms with van der Waals surface area (Å²) in [5.74, 6) is 0.652. The number of phenols is 1.